The average Bonchev–Trinajstić information content (AvgIpc) is 2.22. The molecule has 4 nitrogen and oxygen atoms in total. The van der Waals surface area contributed by atoms with Crippen molar-refractivity contribution >= 4 is 28.6 Å². The van der Waals surface area contributed by atoms with Crippen LogP contribution in [0.2, 0.25) is 0 Å². The highest BCUT2D eigenvalue weighted by molar-refractivity contribution is 14.1. The lowest BCUT2D eigenvalue weighted by Gasteiger charge is -2.37. The maximum absolute atomic E-state index is 11.3. The normalized spacial score (nSPS) is 23.3. The van der Waals surface area contributed by atoms with E-state index in [1.54, 1.807) is 0 Å². The summed E-state index contributed by atoms with van der Waals surface area (Å²) in [6.07, 6.45) is 1.82. The third-order valence-corrected chi connectivity index (χ3v) is 3.34. The van der Waals surface area contributed by atoms with Gasteiger partial charge in [0.15, 0.2) is 5.78 Å². The number of hydrogen-bond acceptors (Lipinski definition) is 4. The van der Waals surface area contributed by atoms with Gasteiger partial charge in [0, 0.05) is 48.5 Å². The van der Waals surface area contributed by atoms with E-state index in [0.717, 1.165) is 19.6 Å². The van der Waals surface area contributed by atoms with E-state index in [-0.39, 0.29) is 11.8 Å². The number of piperazine rings is 1. The van der Waals surface area contributed by atoms with Crippen LogP contribution in [0.1, 0.15) is 6.42 Å². The predicted molar refractivity (Wildman–Crippen MR) is 66.4 cm³/mol. The first-order valence-electron chi connectivity index (χ1n) is 4.84. The minimum Gasteiger partial charge on any atom is -0.293 e. The Bertz CT molecular complexity index is 287. The number of nitriles is 1. The van der Waals surface area contributed by atoms with Crippen LogP contribution in [0.5, 0.6) is 0 Å². The second kappa shape index (κ2) is 6.20. The van der Waals surface area contributed by atoms with Gasteiger partial charge in [-0.1, -0.05) is 6.58 Å². The number of carbonyl (C=O) groups excluding carboxylic acids is 1. The Morgan fingerprint density at radius 1 is 1.67 bits per heavy atom. The summed E-state index contributed by atoms with van der Waals surface area (Å²) in [5.74, 6) is 0.0276. The summed E-state index contributed by atoms with van der Waals surface area (Å²) in [6.45, 7) is 6.47. The van der Waals surface area contributed by atoms with Crippen molar-refractivity contribution in [2.45, 2.75) is 12.5 Å². The van der Waals surface area contributed by atoms with Crippen molar-refractivity contribution in [2.24, 2.45) is 0 Å². The Kier molecular flexibility index (Phi) is 5.22. The fourth-order valence-corrected chi connectivity index (χ4v) is 2.30. The van der Waals surface area contributed by atoms with Gasteiger partial charge in [-0.25, -0.2) is 3.11 Å². The van der Waals surface area contributed by atoms with Crippen LogP contribution in [0.25, 0.3) is 0 Å². The van der Waals surface area contributed by atoms with Gasteiger partial charge >= 0.3 is 0 Å². The first kappa shape index (κ1) is 12.6. The van der Waals surface area contributed by atoms with E-state index in [4.69, 9.17) is 5.26 Å². The molecule has 0 aromatic rings. The molecule has 0 bridgehead atoms. The molecule has 0 aliphatic carbocycles. The largest absolute Gasteiger partial charge is 0.293 e. The average molecular weight is 319 g/mol. The molecule has 0 N–H and O–H groups in total. The zero-order chi connectivity index (χ0) is 11.3. The minimum atomic E-state index is 0.0276. The van der Waals surface area contributed by atoms with Crippen LogP contribution in [-0.4, -0.2) is 46.0 Å². The Morgan fingerprint density at radius 2 is 2.40 bits per heavy atom. The van der Waals surface area contributed by atoms with Crippen molar-refractivity contribution in [3.8, 4) is 6.07 Å². The van der Waals surface area contributed by atoms with Crippen LogP contribution in [0.3, 0.4) is 0 Å². The Balaban J connectivity index is 2.56. The zero-order valence-corrected chi connectivity index (χ0v) is 10.7. The smallest absolute Gasteiger partial charge is 0.169 e. The van der Waals surface area contributed by atoms with Crippen molar-refractivity contribution in [1.82, 2.24) is 8.01 Å². The van der Waals surface area contributed by atoms with E-state index in [1.807, 2.05) is 0 Å². The van der Waals surface area contributed by atoms with E-state index in [2.05, 4.69) is 43.5 Å². The molecule has 1 unspecified atom stereocenters. The fourth-order valence-electron chi connectivity index (χ4n) is 1.63. The fraction of sp³-hybridized carbons (Fsp3) is 0.600. The molecule has 1 heterocycles. The monoisotopic (exact) mass is 319 g/mol. The van der Waals surface area contributed by atoms with Crippen LogP contribution in [-0.2, 0) is 4.79 Å². The SMILES string of the molecule is C=CC(=O)CN1CCN(I)CC1CC#N. The van der Waals surface area contributed by atoms with Gasteiger partial charge in [-0.15, -0.1) is 0 Å². The molecule has 0 spiro atoms. The maximum atomic E-state index is 11.3. The molecule has 1 rings (SSSR count). The molecule has 0 aromatic heterocycles. The number of halogens is 1. The standard InChI is InChI=1S/C10H14IN3O/c1-2-10(15)8-13-5-6-14(11)7-9(13)3-4-12/h2,9H,1,3,5-8H2. The van der Waals surface area contributed by atoms with Gasteiger partial charge in [0.05, 0.1) is 19.0 Å². The molecule has 0 amide bonds. The highest BCUT2D eigenvalue weighted by atomic mass is 127. The molecule has 1 fully saturated rings. The first-order valence-corrected chi connectivity index (χ1v) is 5.81. The Labute approximate surface area is 104 Å². The van der Waals surface area contributed by atoms with Crippen LogP contribution in [0.15, 0.2) is 12.7 Å². The molecule has 15 heavy (non-hydrogen) atoms. The number of carbonyl (C=O) groups is 1. The lowest BCUT2D eigenvalue weighted by atomic mass is 10.1. The summed E-state index contributed by atoms with van der Waals surface area (Å²) < 4.78 is 2.16. The first-order chi connectivity index (χ1) is 7.17. The number of hydrogen-bond donors (Lipinski definition) is 0. The summed E-state index contributed by atoms with van der Waals surface area (Å²) in [6, 6.07) is 2.34. The summed E-state index contributed by atoms with van der Waals surface area (Å²) in [5, 5.41) is 8.71. The van der Waals surface area contributed by atoms with E-state index in [0.29, 0.717) is 13.0 Å². The predicted octanol–water partition coefficient (Wildman–Crippen LogP) is 0.991. The van der Waals surface area contributed by atoms with E-state index < -0.39 is 0 Å². The van der Waals surface area contributed by atoms with Gasteiger partial charge in [-0.3, -0.25) is 9.69 Å². The minimum absolute atomic E-state index is 0.0276. The number of nitrogens with zero attached hydrogens (tertiary/aromatic N) is 3. The highest BCUT2D eigenvalue weighted by Gasteiger charge is 2.26. The molecule has 1 aliphatic heterocycles. The molecule has 0 saturated carbocycles. The quantitative estimate of drug-likeness (QED) is 0.440. The topological polar surface area (TPSA) is 47.3 Å². The second-order valence-electron chi connectivity index (χ2n) is 3.53. The molecule has 5 heteroatoms. The van der Waals surface area contributed by atoms with Gasteiger partial charge in [0.25, 0.3) is 0 Å². The third-order valence-electron chi connectivity index (χ3n) is 2.47. The van der Waals surface area contributed by atoms with Crippen LogP contribution in [0.4, 0.5) is 0 Å². The molecule has 1 saturated heterocycles. The zero-order valence-electron chi connectivity index (χ0n) is 8.53. The lowest BCUT2D eigenvalue weighted by molar-refractivity contribution is -0.116. The van der Waals surface area contributed by atoms with Gasteiger partial charge < -0.3 is 0 Å². The summed E-state index contributed by atoms with van der Waals surface area (Å²) in [4.78, 5) is 13.3. The van der Waals surface area contributed by atoms with Crippen LogP contribution < -0.4 is 0 Å². The van der Waals surface area contributed by atoms with Gasteiger partial charge in [0.2, 0.25) is 0 Å². The van der Waals surface area contributed by atoms with Crippen molar-refractivity contribution in [1.29, 1.82) is 5.26 Å². The van der Waals surface area contributed by atoms with Gasteiger partial charge in [-0.2, -0.15) is 5.26 Å². The summed E-state index contributed by atoms with van der Waals surface area (Å²) >= 11 is 2.26. The van der Waals surface area contributed by atoms with Gasteiger partial charge in [-0.05, 0) is 6.08 Å². The Morgan fingerprint density at radius 3 is 3.00 bits per heavy atom. The molecule has 1 atom stereocenters. The molecule has 82 valence electrons. The molecular formula is C10H14IN3O. The van der Waals surface area contributed by atoms with Crippen molar-refractivity contribution in [2.75, 3.05) is 26.2 Å². The third kappa shape index (κ3) is 3.89. The van der Waals surface area contributed by atoms with Crippen molar-refractivity contribution < 1.29 is 4.79 Å². The maximum Gasteiger partial charge on any atom is 0.169 e. The molecule has 1 aliphatic rings. The van der Waals surface area contributed by atoms with Gasteiger partial charge in [0.1, 0.15) is 0 Å². The van der Waals surface area contributed by atoms with E-state index >= 15 is 0 Å². The molecular weight excluding hydrogens is 305 g/mol. The van der Waals surface area contributed by atoms with Crippen LogP contribution in [0, 0.1) is 11.3 Å². The van der Waals surface area contributed by atoms with E-state index in [9.17, 15) is 4.79 Å². The van der Waals surface area contributed by atoms with Crippen molar-refractivity contribution in [3.05, 3.63) is 12.7 Å². The summed E-state index contributed by atoms with van der Waals surface area (Å²) in [5.41, 5.74) is 0. The second-order valence-corrected chi connectivity index (χ2v) is 4.89. The Hall–Kier alpha value is -0.450. The van der Waals surface area contributed by atoms with Crippen molar-refractivity contribution in [3.63, 3.8) is 0 Å². The molecule has 0 aromatic carbocycles. The highest BCUT2D eigenvalue weighted by Crippen LogP contribution is 2.15. The number of ketones is 1. The van der Waals surface area contributed by atoms with E-state index in [1.165, 1.54) is 6.08 Å². The number of rotatable bonds is 4. The molecule has 0 radical (unpaired) electrons. The van der Waals surface area contributed by atoms with Crippen LogP contribution >= 0.6 is 22.9 Å². The summed E-state index contributed by atoms with van der Waals surface area (Å²) in [7, 11) is 0. The lowest BCUT2D eigenvalue weighted by Crippen LogP contribution is -2.51.